The lowest BCUT2D eigenvalue weighted by molar-refractivity contribution is -0.117. The van der Waals surface area contributed by atoms with Gasteiger partial charge >= 0.3 is 6.09 Å². The molecule has 1 amide bonds. The molecular formula is C29H41NO4Si. The first-order valence-electron chi connectivity index (χ1n) is 12.7. The number of aldehydes is 1. The molecule has 1 aliphatic heterocycles. The Kier molecular flexibility index (Phi) is 8.27. The number of hydrogen-bond acceptors (Lipinski definition) is 4. The third-order valence-corrected chi connectivity index (χ3v) is 11.9. The van der Waals surface area contributed by atoms with Crippen molar-refractivity contribution in [3.63, 3.8) is 0 Å². The van der Waals surface area contributed by atoms with E-state index in [4.69, 9.17) is 9.16 Å². The van der Waals surface area contributed by atoms with Crippen molar-refractivity contribution in [2.24, 2.45) is 0 Å². The minimum Gasteiger partial charge on any atom is -0.444 e. The summed E-state index contributed by atoms with van der Waals surface area (Å²) in [5, 5.41) is 2.37. The second-order valence-corrected chi connectivity index (χ2v) is 15.9. The van der Waals surface area contributed by atoms with Gasteiger partial charge in [-0.1, -0.05) is 81.4 Å². The predicted octanol–water partition coefficient (Wildman–Crippen LogP) is 5.31. The van der Waals surface area contributed by atoms with Crippen LogP contribution in [-0.2, 0) is 14.0 Å². The minimum atomic E-state index is -2.62. The monoisotopic (exact) mass is 495 g/mol. The van der Waals surface area contributed by atoms with Crippen LogP contribution < -0.4 is 10.4 Å². The highest BCUT2D eigenvalue weighted by atomic mass is 28.4. The van der Waals surface area contributed by atoms with E-state index in [1.165, 1.54) is 10.4 Å². The Balaban J connectivity index is 1.82. The van der Waals surface area contributed by atoms with Crippen LogP contribution in [0.1, 0.15) is 67.2 Å². The Morgan fingerprint density at radius 3 is 1.97 bits per heavy atom. The van der Waals surface area contributed by atoms with Crippen LogP contribution in [0.15, 0.2) is 60.7 Å². The molecule has 5 nitrogen and oxygen atoms in total. The first-order valence-corrected chi connectivity index (χ1v) is 14.6. The number of nitrogens with zero attached hydrogens (tertiary/aromatic N) is 1. The number of hydrogen-bond donors (Lipinski definition) is 0. The first-order chi connectivity index (χ1) is 16.5. The summed E-state index contributed by atoms with van der Waals surface area (Å²) < 4.78 is 12.6. The lowest BCUT2D eigenvalue weighted by atomic mass is 9.92. The summed E-state index contributed by atoms with van der Waals surface area (Å²) in [5.74, 6) is 0. The van der Waals surface area contributed by atoms with Crippen molar-refractivity contribution in [1.29, 1.82) is 0 Å². The van der Waals surface area contributed by atoms with Crippen molar-refractivity contribution >= 4 is 31.1 Å². The molecule has 0 radical (unpaired) electrons. The second kappa shape index (κ2) is 10.7. The van der Waals surface area contributed by atoms with Gasteiger partial charge in [0.2, 0.25) is 0 Å². The number of amides is 1. The lowest BCUT2D eigenvalue weighted by Crippen LogP contribution is -2.66. The molecule has 0 aromatic heterocycles. The van der Waals surface area contributed by atoms with Crippen molar-refractivity contribution in [2.75, 3.05) is 13.2 Å². The van der Waals surface area contributed by atoms with E-state index in [-0.39, 0.29) is 5.04 Å². The smallest absolute Gasteiger partial charge is 0.411 e. The SMILES string of the molecule is CC(C)(C)OC(=O)N1CCCC1(C=O)CCCO[Si](c1ccccc1)(c1ccccc1)C(C)(C)C. The Bertz CT molecular complexity index is 942. The van der Waals surface area contributed by atoms with Crippen molar-refractivity contribution in [3.05, 3.63) is 60.7 Å². The Morgan fingerprint density at radius 1 is 0.971 bits per heavy atom. The number of benzene rings is 2. The van der Waals surface area contributed by atoms with Crippen LogP contribution >= 0.6 is 0 Å². The van der Waals surface area contributed by atoms with Crippen molar-refractivity contribution < 1.29 is 18.8 Å². The van der Waals surface area contributed by atoms with E-state index >= 15 is 0 Å². The van der Waals surface area contributed by atoms with E-state index in [0.29, 0.717) is 32.4 Å². The number of likely N-dealkylation sites (tertiary alicyclic amines) is 1. The zero-order chi connectivity index (χ0) is 25.7. The molecule has 1 heterocycles. The van der Waals surface area contributed by atoms with Crippen LogP contribution in [0.5, 0.6) is 0 Å². The molecule has 0 N–H and O–H groups in total. The van der Waals surface area contributed by atoms with Crippen molar-refractivity contribution in [2.45, 2.75) is 83.4 Å². The molecule has 190 valence electrons. The molecule has 3 rings (SSSR count). The molecular weight excluding hydrogens is 454 g/mol. The van der Waals surface area contributed by atoms with Crippen LogP contribution in [0.3, 0.4) is 0 Å². The van der Waals surface area contributed by atoms with Crippen LogP contribution in [0.25, 0.3) is 0 Å². The van der Waals surface area contributed by atoms with Gasteiger partial charge in [0.05, 0.1) is 0 Å². The first kappa shape index (κ1) is 27.1. The van der Waals surface area contributed by atoms with Crippen molar-refractivity contribution in [1.82, 2.24) is 4.90 Å². The van der Waals surface area contributed by atoms with Gasteiger partial charge in [-0.25, -0.2) is 4.79 Å². The number of rotatable bonds is 8. The third-order valence-electron chi connectivity index (χ3n) is 6.85. The molecule has 1 fully saturated rings. The summed E-state index contributed by atoms with van der Waals surface area (Å²) in [6, 6.07) is 21.1. The molecule has 0 spiro atoms. The van der Waals surface area contributed by atoms with Crippen LogP contribution in [-0.4, -0.2) is 49.9 Å². The highest BCUT2D eigenvalue weighted by Gasteiger charge is 2.50. The molecule has 0 saturated carbocycles. The van der Waals surface area contributed by atoms with Crippen LogP contribution in [0.4, 0.5) is 4.79 Å². The Labute approximate surface area is 212 Å². The summed E-state index contributed by atoms with van der Waals surface area (Å²) in [5.41, 5.74) is -1.42. The molecule has 1 unspecified atom stereocenters. The highest BCUT2D eigenvalue weighted by Crippen LogP contribution is 2.38. The lowest BCUT2D eigenvalue weighted by Gasteiger charge is -2.43. The fourth-order valence-electron chi connectivity index (χ4n) is 5.30. The highest BCUT2D eigenvalue weighted by molar-refractivity contribution is 6.99. The Morgan fingerprint density at radius 2 is 1.51 bits per heavy atom. The molecule has 1 atom stereocenters. The number of carbonyl (C=O) groups excluding carboxylic acids is 2. The Hall–Kier alpha value is -2.44. The van der Waals surface area contributed by atoms with Gasteiger partial charge in [0.1, 0.15) is 17.4 Å². The number of ether oxygens (including phenoxy) is 1. The topological polar surface area (TPSA) is 55.8 Å². The standard InChI is InChI=1S/C29H41NO4Si/c1-27(2,3)34-26(32)30-21-13-19-29(30,23-31)20-14-22-33-35(28(4,5)6,24-15-9-7-10-16-24)25-17-11-8-12-18-25/h7-12,15-18,23H,13-14,19-22H2,1-6H3. The zero-order valence-corrected chi connectivity index (χ0v) is 23.2. The predicted molar refractivity (Wildman–Crippen MR) is 144 cm³/mol. The summed E-state index contributed by atoms with van der Waals surface area (Å²) >= 11 is 0. The summed E-state index contributed by atoms with van der Waals surface area (Å²) in [6.45, 7) is 13.4. The number of carbonyl (C=O) groups is 2. The van der Waals surface area contributed by atoms with E-state index in [9.17, 15) is 9.59 Å². The molecule has 2 aromatic carbocycles. The average Bonchev–Trinajstić information content (AvgIpc) is 3.23. The van der Waals surface area contributed by atoms with E-state index in [0.717, 1.165) is 12.7 Å². The van der Waals surface area contributed by atoms with Gasteiger partial charge in [0.15, 0.2) is 0 Å². The molecule has 6 heteroatoms. The maximum absolute atomic E-state index is 12.8. The summed E-state index contributed by atoms with van der Waals surface area (Å²) in [4.78, 5) is 26.8. The van der Waals surface area contributed by atoms with E-state index < -0.39 is 25.6 Å². The van der Waals surface area contributed by atoms with Gasteiger partial charge in [-0.15, -0.1) is 0 Å². The van der Waals surface area contributed by atoms with Gasteiger partial charge < -0.3 is 14.0 Å². The zero-order valence-electron chi connectivity index (χ0n) is 22.2. The molecule has 1 saturated heterocycles. The van der Waals surface area contributed by atoms with Crippen molar-refractivity contribution in [3.8, 4) is 0 Å². The maximum atomic E-state index is 12.8. The normalized spacial score (nSPS) is 19.0. The molecule has 2 aromatic rings. The summed E-state index contributed by atoms with van der Waals surface area (Å²) in [6.07, 6.45) is 3.25. The van der Waals surface area contributed by atoms with Gasteiger partial charge in [0.25, 0.3) is 8.32 Å². The maximum Gasteiger partial charge on any atom is 0.411 e. The van der Waals surface area contributed by atoms with Gasteiger partial charge in [-0.3, -0.25) is 4.90 Å². The summed E-state index contributed by atoms with van der Waals surface area (Å²) in [7, 11) is -2.62. The quantitative estimate of drug-likeness (QED) is 0.283. The fourth-order valence-corrected chi connectivity index (χ4v) is 9.90. The molecule has 1 aliphatic rings. The average molecular weight is 496 g/mol. The third kappa shape index (κ3) is 5.87. The minimum absolute atomic E-state index is 0.103. The van der Waals surface area contributed by atoms with Gasteiger partial charge in [0, 0.05) is 13.2 Å². The van der Waals surface area contributed by atoms with E-state index in [1.807, 2.05) is 32.9 Å². The fraction of sp³-hybridized carbons (Fsp3) is 0.517. The molecule has 0 bridgehead atoms. The molecule has 35 heavy (non-hydrogen) atoms. The van der Waals surface area contributed by atoms with Crippen LogP contribution in [0, 0.1) is 0 Å². The van der Waals surface area contributed by atoms with Gasteiger partial charge in [-0.2, -0.15) is 0 Å². The molecule has 0 aliphatic carbocycles. The van der Waals surface area contributed by atoms with Crippen LogP contribution in [0.2, 0.25) is 5.04 Å². The van der Waals surface area contributed by atoms with E-state index in [1.54, 1.807) is 4.90 Å². The largest absolute Gasteiger partial charge is 0.444 e. The van der Waals surface area contributed by atoms with E-state index in [2.05, 4.69) is 69.3 Å². The van der Waals surface area contributed by atoms with Gasteiger partial charge in [-0.05, 0) is 61.9 Å². The second-order valence-electron chi connectivity index (χ2n) is 11.6.